The number of piperidine rings is 1. The van der Waals surface area contributed by atoms with Gasteiger partial charge in [0.25, 0.3) is 5.91 Å². The molecular weight excluding hydrogens is 385 g/mol. The first-order chi connectivity index (χ1) is 12.5. The van der Waals surface area contributed by atoms with E-state index >= 15 is 0 Å². The first-order valence-electron chi connectivity index (χ1n) is 8.14. The smallest absolute Gasteiger partial charge is 0.306 e. The number of carbonyl (C=O) groups excluding carboxylic acids is 1. The summed E-state index contributed by atoms with van der Waals surface area (Å²) in [5, 5.41) is 3.99. The number of hydrogen-bond acceptors (Lipinski definition) is 5. The van der Waals surface area contributed by atoms with Crippen LogP contribution in [-0.4, -0.2) is 57.9 Å². The van der Waals surface area contributed by atoms with Crippen LogP contribution in [0.2, 0.25) is 0 Å². The quantitative estimate of drug-likeness (QED) is 0.755. The predicted octanol–water partition coefficient (Wildman–Crippen LogP) is 1.67. The molecule has 1 N–H and O–H groups in total. The van der Waals surface area contributed by atoms with Crippen LogP contribution in [0.15, 0.2) is 29.4 Å². The Bertz CT molecular complexity index is 814. The Morgan fingerprint density at radius 1 is 1.30 bits per heavy atom. The Morgan fingerprint density at radius 2 is 1.93 bits per heavy atom. The summed E-state index contributed by atoms with van der Waals surface area (Å²) in [5.74, 6) is -0.732. The van der Waals surface area contributed by atoms with Gasteiger partial charge in [0.05, 0.1) is 17.5 Å². The molecular formula is C16H21F3N4O3S. The van der Waals surface area contributed by atoms with Crippen LogP contribution in [0.5, 0.6) is 0 Å². The van der Waals surface area contributed by atoms with Crippen molar-refractivity contribution < 1.29 is 26.4 Å². The predicted molar refractivity (Wildman–Crippen MR) is 95.9 cm³/mol. The second-order valence-electron chi connectivity index (χ2n) is 6.33. The Labute approximate surface area is 155 Å². The number of nitrogens with one attached hydrogen (secondary N) is 1. The average molecular weight is 406 g/mol. The van der Waals surface area contributed by atoms with E-state index in [4.69, 9.17) is 0 Å². The molecule has 1 aromatic rings. The van der Waals surface area contributed by atoms with Crippen molar-refractivity contribution in [2.75, 3.05) is 37.2 Å². The van der Waals surface area contributed by atoms with Crippen molar-refractivity contribution in [3.8, 4) is 0 Å². The lowest BCUT2D eigenvalue weighted by atomic mass is 10.1. The third-order valence-corrected chi connectivity index (χ3v) is 5.19. The molecule has 0 aromatic heterocycles. The molecule has 11 heteroatoms. The standard InChI is InChI=1S/C16H21F3N4O3S/c1-22-8-6-13(7-9-22)20-21-15(24)11-23(27(2,25)26)14-5-3-4-12(10-14)16(17,18)19/h3-5,10H,6-9,11H2,1-2H3,(H,21,24). The van der Waals surface area contributed by atoms with Crippen LogP contribution in [0.4, 0.5) is 18.9 Å². The summed E-state index contributed by atoms with van der Waals surface area (Å²) in [6.45, 7) is 0.930. The van der Waals surface area contributed by atoms with Crippen molar-refractivity contribution in [1.29, 1.82) is 0 Å². The van der Waals surface area contributed by atoms with Crippen LogP contribution < -0.4 is 9.73 Å². The van der Waals surface area contributed by atoms with Crippen molar-refractivity contribution in [2.24, 2.45) is 5.10 Å². The van der Waals surface area contributed by atoms with Gasteiger partial charge < -0.3 is 4.90 Å². The molecule has 7 nitrogen and oxygen atoms in total. The Balaban J connectivity index is 2.14. The fourth-order valence-electron chi connectivity index (χ4n) is 2.53. The van der Waals surface area contributed by atoms with Crippen LogP contribution in [-0.2, 0) is 21.0 Å². The van der Waals surface area contributed by atoms with Gasteiger partial charge in [-0.15, -0.1) is 0 Å². The van der Waals surface area contributed by atoms with Crippen molar-refractivity contribution in [1.82, 2.24) is 10.3 Å². The van der Waals surface area contributed by atoms with E-state index in [0.717, 1.165) is 37.2 Å². The second-order valence-corrected chi connectivity index (χ2v) is 8.24. The fourth-order valence-corrected chi connectivity index (χ4v) is 3.38. The highest BCUT2D eigenvalue weighted by molar-refractivity contribution is 7.92. The minimum absolute atomic E-state index is 0.241. The number of hydrogen-bond donors (Lipinski definition) is 1. The summed E-state index contributed by atoms with van der Waals surface area (Å²) in [6, 6.07) is 3.81. The molecule has 0 aliphatic carbocycles. The van der Waals surface area contributed by atoms with Gasteiger partial charge in [-0.3, -0.25) is 9.10 Å². The maximum atomic E-state index is 12.9. The van der Waals surface area contributed by atoms with Gasteiger partial charge in [-0.05, 0) is 25.2 Å². The third kappa shape index (κ3) is 6.21. The summed E-state index contributed by atoms with van der Waals surface area (Å²) in [4.78, 5) is 14.2. The normalized spacial score (nSPS) is 16.1. The van der Waals surface area contributed by atoms with E-state index in [1.807, 2.05) is 7.05 Å². The molecule has 0 unspecified atom stereocenters. The van der Waals surface area contributed by atoms with E-state index < -0.39 is 34.2 Å². The van der Waals surface area contributed by atoms with Crippen molar-refractivity contribution in [3.05, 3.63) is 29.8 Å². The monoisotopic (exact) mass is 406 g/mol. The summed E-state index contributed by atoms with van der Waals surface area (Å²) in [6.07, 6.45) is -2.44. The number of rotatable bonds is 5. The molecule has 1 heterocycles. The number of likely N-dealkylation sites (tertiary alicyclic amines) is 1. The van der Waals surface area contributed by atoms with Crippen LogP contribution in [0, 0.1) is 0 Å². The molecule has 0 saturated carbocycles. The first-order valence-corrected chi connectivity index (χ1v) is 9.99. The number of benzene rings is 1. The summed E-state index contributed by atoms with van der Waals surface area (Å²) in [5.41, 5.74) is 1.83. The molecule has 1 aromatic carbocycles. The molecule has 0 atom stereocenters. The SMILES string of the molecule is CN1CCC(=NNC(=O)CN(c2cccc(C(F)(F)F)c2)S(C)(=O)=O)CC1. The zero-order chi connectivity index (χ0) is 20.2. The van der Waals surface area contributed by atoms with Gasteiger partial charge in [-0.1, -0.05) is 6.07 Å². The summed E-state index contributed by atoms with van der Waals surface area (Å²) >= 11 is 0. The van der Waals surface area contributed by atoms with Gasteiger partial charge in [-0.2, -0.15) is 18.3 Å². The first kappa shape index (κ1) is 21.2. The fraction of sp³-hybridized carbons (Fsp3) is 0.500. The molecule has 150 valence electrons. The molecule has 0 bridgehead atoms. The number of anilines is 1. The molecule has 1 aliphatic heterocycles. The molecule has 0 spiro atoms. The van der Waals surface area contributed by atoms with Crippen LogP contribution in [0.25, 0.3) is 0 Å². The molecule has 1 aliphatic rings. The van der Waals surface area contributed by atoms with E-state index in [2.05, 4.69) is 15.4 Å². The molecule has 1 saturated heterocycles. The lowest BCUT2D eigenvalue weighted by molar-refractivity contribution is -0.137. The highest BCUT2D eigenvalue weighted by atomic mass is 32.2. The lowest BCUT2D eigenvalue weighted by Gasteiger charge is -2.24. The van der Waals surface area contributed by atoms with Crippen molar-refractivity contribution in [3.63, 3.8) is 0 Å². The number of amides is 1. The van der Waals surface area contributed by atoms with Gasteiger partial charge in [0.15, 0.2) is 0 Å². The van der Waals surface area contributed by atoms with Gasteiger partial charge in [0.1, 0.15) is 6.54 Å². The Morgan fingerprint density at radius 3 is 2.48 bits per heavy atom. The summed E-state index contributed by atoms with van der Waals surface area (Å²) in [7, 11) is -2.01. The molecule has 1 amide bonds. The largest absolute Gasteiger partial charge is 0.416 e. The third-order valence-electron chi connectivity index (χ3n) is 4.05. The highest BCUT2D eigenvalue weighted by Gasteiger charge is 2.32. The Kier molecular flexibility index (Phi) is 6.47. The van der Waals surface area contributed by atoms with Crippen LogP contribution in [0.3, 0.4) is 0 Å². The molecule has 0 radical (unpaired) electrons. The lowest BCUT2D eigenvalue weighted by Crippen LogP contribution is -2.39. The van der Waals surface area contributed by atoms with Gasteiger partial charge in [-0.25, -0.2) is 13.8 Å². The van der Waals surface area contributed by atoms with Crippen molar-refractivity contribution >= 4 is 27.3 Å². The maximum absolute atomic E-state index is 12.9. The summed E-state index contributed by atoms with van der Waals surface area (Å²) < 4.78 is 63.2. The van der Waals surface area contributed by atoms with Gasteiger partial charge >= 0.3 is 6.18 Å². The molecule has 2 rings (SSSR count). The van der Waals surface area contributed by atoms with E-state index in [0.29, 0.717) is 23.2 Å². The van der Waals surface area contributed by atoms with Crippen molar-refractivity contribution in [2.45, 2.75) is 19.0 Å². The average Bonchev–Trinajstić information content (AvgIpc) is 2.57. The number of sulfonamides is 1. The highest BCUT2D eigenvalue weighted by Crippen LogP contribution is 2.32. The number of alkyl halides is 3. The zero-order valence-electron chi connectivity index (χ0n) is 15.0. The molecule has 27 heavy (non-hydrogen) atoms. The number of halogens is 3. The zero-order valence-corrected chi connectivity index (χ0v) is 15.8. The second kappa shape index (κ2) is 8.26. The van der Waals surface area contributed by atoms with E-state index in [1.54, 1.807) is 0 Å². The number of carbonyl (C=O) groups is 1. The molecule has 1 fully saturated rings. The van der Waals surface area contributed by atoms with Crippen LogP contribution >= 0.6 is 0 Å². The van der Waals surface area contributed by atoms with Gasteiger partial charge in [0.2, 0.25) is 10.0 Å². The van der Waals surface area contributed by atoms with E-state index in [9.17, 15) is 26.4 Å². The van der Waals surface area contributed by atoms with E-state index in [-0.39, 0.29) is 5.69 Å². The maximum Gasteiger partial charge on any atom is 0.416 e. The topological polar surface area (TPSA) is 82.1 Å². The van der Waals surface area contributed by atoms with Gasteiger partial charge in [0, 0.05) is 31.6 Å². The number of hydrazone groups is 1. The minimum Gasteiger partial charge on any atom is -0.306 e. The van der Waals surface area contributed by atoms with E-state index in [1.165, 1.54) is 6.07 Å². The van der Waals surface area contributed by atoms with Crippen LogP contribution in [0.1, 0.15) is 18.4 Å². The minimum atomic E-state index is -4.62. The Hall–Kier alpha value is -2.14. The number of nitrogens with zero attached hydrogens (tertiary/aromatic N) is 3.